The highest BCUT2D eigenvalue weighted by Crippen LogP contribution is 2.42. The molecule has 94 valence electrons. The number of fused-ring (bicyclic) bond motifs is 1. The van der Waals surface area contributed by atoms with Crippen LogP contribution in [0.1, 0.15) is 11.0 Å². The van der Waals surface area contributed by atoms with E-state index in [0.717, 1.165) is 14.9 Å². The fraction of sp³-hybridized carbons (Fsp3) is 0.167. The van der Waals surface area contributed by atoms with Gasteiger partial charge in [-0.2, -0.15) is 0 Å². The van der Waals surface area contributed by atoms with E-state index in [0.29, 0.717) is 22.3 Å². The second kappa shape index (κ2) is 4.82. The molecule has 1 aliphatic rings. The van der Waals surface area contributed by atoms with Crippen molar-refractivity contribution in [2.24, 2.45) is 0 Å². The Hall–Kier alpha value is -0.610. The summed E-state index contributed by atoms with van der Waals surface area (Å²) in [5, 5.41) is 4.37. The van der Waals surface area contributed by atoms with Gasteiger partial charge in [0.15, 0.2) is 11.9 Å². The topological polar surface area (TPSA) is 21.3 Å². The van der Waals surface area contributed by atoms with Crippen LogP contribution < -0.4 is 10.1 Å². The van der Waals surface area contributed by atoms with Crippen LogP contribution in [0.5, 0.6) is 5.75 Å². The molecule has 2 aromatic rings. The first-order chi connectivity index (χ1) is 8.63. The van der Waals surface area contributed by atoms with Crippen molar-refractivity contribution >= 4 is 51.8 Å². The van der Waals surface area contributed by atoms with Crippen LogP contribution in [0, 0.1) is 0 Å². The van der Waals surface area contributed by atoms with Crippen LogP contribution in [0.2, 0.25) is 14.4 Å². The zero-order valence-corrected chi connectivity index (χ0v) is 12.1. The van der Waals surface area contributed by atoms with Gasteiger partial charge in [-0.1, -0.05) is 34.8 Å². The molecule has 6 heteroatoms. The van der Waals surface area contributed by atoms with Gasteiger partial charge < -0.3 is 10.1 Å². The van der Waals surface area contributed by atoms with Crippen LogP contribution in [-0.4, -0.2) is 6.54 Å². The predicted molar refractivity (Wildman–Crippen MR) is 77.6 cm³/mol. The second-order valence-electron chi connectivity index (χ2n) is 3.89. The minimum absolute atomic E-state index is 0.0753. The first-order valence-corrected chi connectivity index (χ1v) is 7.23. The minimum atomic E-state index is -0.0753. The number of rotatable bonds is 1. The van der Waals surface area contributed by atoms with E-state index in [1.807, 2.05) is 12.1 Å². The van der Waals surface area contributed by atoms with Gasteiger partial charge in [-0.15, -0.1) is 11.3 Å². The molecule has 3 rings (SSSR count). The molecule has 2 nitrogen and oxygen atoms in total. The number of hydrogen-bond donors (Lipinski definition) is 1. The van der Waals surface area contributed by atoms with E-state index >= 15 is 0 Å². The Morgan fingerprint density at radius 2 is 2.06 bits per heavy atom. The molecule has 0 fully saturated rings. The number of nitrogens with one attached hydrogen (secondary N) is 1. The van der Waals surface area contributed by atoms with Gasteiger partial charge in [0, 0.05) is 9.90 Å². The molecular weight excluding hydrogens is 313 g/mol. The first-order valence-electron chi connectivity index (χ1n) is 5.28. The van der Waals surface area contributed by atoms with Crippen molar-refractivity contribution in [2.75, 3.05) is 11.9 Å². The van der Waals surface area contributed by atoms with E-state index in [1.165, 1.54) is 11.3 Å². The van der Waals surface area contributed by atoms with Gasteiger partial charge >= 0.3 is 0 Å². The van der Waals surface area contributed by atoms with Gasteiger partial charge in [0.25, 0.3) is 0 Å². The lowest BCUT2D eigenvalue weighted by Gasteiger charge is -2.27. The lowest BCUT2D eigenvalue weighted by atomic mass is 10.2. The summed E-state index contributed by atoms with van der Waals surface area (Å²) in [6, 6.07) is 7.31. The summed E-state index contributed by atoms with van der Waals surface area (Å²) in [6.45, 7) is 0.667. The zero-order chi connectivity index (χ0) is 12.7. The van der Waals surface area contributed by atoms with Gasteiger partial charge in [-0.3, -0.25) is 0 Å². The van der Waals surface area contributed by atoms with Gasteiger partial charge in [-0.05, 0) is 24.3 Å². The Balaban J connectivity index is 1.93. The van der Waals surface area contributed by atoms with Crippen molar-refractivity contribution in [3.8, 4) is 5.75 Å². The van der Waals surface area contributed by atoms with Crippen LogP contribution >= 0.6 is 46.1 Å². The van der Waals surface area contributed by atoms with Crippen molar-refractivity contribution in [3.05, 3.63) is 43.5 Å². The van der Waals surface area contributed by atoms with Crippen molar-refractivity contribution in [2.45, 2.75) is 6.10 Å². The third kappa shape index (κ3) is 2.28. The quantitative estimate of drug-likeness (QED) is 0.774. The highest BCUT2D eigenvalue weighted by molar-refractivity contribution is 7.16. The van der Waals surface area contributed by atoms with Crippen LogP contribution in [0.4, 0.5) is 5.69 Å². The normalized spacial score (nSPS) is 17.8. The molecule has 1 aromatic heterocycles. The van der Waals surface area contributed by atoms with Crippen LogP contribution in [-0.2, 0) is 0 Å². The summed E-state index contributed by atoms with van der Waals surface area (Å²) in [5.41, 5.74) is 0.825. The van der Waals surface area contributed by atoms with E-state index in [-0.39, 0.29) is 6.10 Å². The van der Waals surface area contributed by atoms with E-state index in [4.69, 9.17) is 39.5 Å². The molecular formula is C12H8Cl3NOS. The van der Waals surface area contributed by atoms with E-state index in [1.54, 1.807) is 12.1 Å². The van der Waals surface area contributed by atoms with Gasteiger partial charge in [0.05, 0.1) is 21.6 Å². The standard InChI is InChI=1S/C12H8Cl3NOS/c13-6-3-7(14)12-8(4-6)16-5-9(17-12)10-1-2-11(15)18-10/h1-4,9,16H,5H2. The molecule has 0 spiro atoms. The molecule has 1 aromatic carbocycles. The maximum Gasteiger partial charge on any atom is 0.162 e. The molecule has 0 saturated heterocycles. The molecule has 0 bridgehead atoms. The van der Waals surface area contributed by atoms with E-state index in [9.17, 15) is 0 Å². The zero-order valence-electron chi connectivity index (χ0n) is 9.04. The number of halogens is 3. The predicted octanol–water partition coefficient (Wildman–Crippen LogP) is 5.25. The third-order valence-electron chi connectivity index (χ3n) is 2.66. The molecule has 0 aliphatic carbocycles. The second-order valence-corrected chi connectivity index (χ2v) is 6.48. The first kappa shape index (κ1) is 12.4. The molecule has 18 heavy (non-hydrogen) atoms. The molecule has 0 amide bonds. The fourth-order valence-corrected chi connectivity index (χ4v) is 3.49. The monoisotopic (exact) mass is 319 g/mol. The van der Waals surface area contributed by atoms with Crippen molar-refractivity contribution < 1.29 is 4.74 Å². The maximum atomic E-state index is 6.13. The highest BCUT2D eigenvalue weighted by atomic mass is 35.5. The van der Waals surface area contributed by atoms with Crippen molar-refractivity contribution in [1.29, 1.82) is 0 Å². The number of thiophene rings is 1. The highest BCUT2D eigenvalue weighted by Gasteiger charge is 2.24. The summed E-state index contributed by atoms with van der Waals surface area (Å²) in [7, 11) is 0. The molecule has 1 atom stereocenters. The fourth-order valence-electron chi connectivity index (χ4n) is 1.86. The molecule has 2 heterocycles. The van der Waals surface area contributed by atoms with Crippen molar-refractivity contribution in [3.63, 3.8) is 0 Å². The number of anilines is 1. The summed E-state index contributed by atoms with van der Waals surface area (Å²) in [6.07, 6.45) is -0.0753. The maximum absolute atomic E-state index is 6.13. The number of hydrogen-bond acceptors (Lipinski definition) is 3. The summed E-state index contributed by atoms with van der Waals surface area (Å²) < 4.78 is 6.67. The Labute approximate surface area is 123 Å². The summed E-state index contributed by atoms with van der Waals surface area (Å²) >= 11 is 19.5. The molecule has 0 radical (unpaired) electrons. The van der Waals surface area contributed by atoms with Gasteiger partial charge in [-0.25, -0.2) is 0 Å². The van der Waals surface area contributed by atoms with Crippen molar-refractivity contribution in [1.82, 2.24) is 0 Å². The smallest absolute Gasteiger partial charge is 0.162 e. The molecule has 1 N–H and O–H groups in total. The third-order valence-corrected chi connectivity index (χ3v) is 4.48. The average molecular weight is 321 g/mol. The van der Waals surface area contributed by atoms with E-state index in [2.05, 4.69) is 5.32 Å². The van der Waals surface area contributed by atoms with Crippen LogP contribution in [0.15, 0.2) is 24.3 Å². The summed E-state index contributed by atoms with van der Waals surface area (Å²) in [4.78, 5) is 1.07. The SMILES string of the molecule is Clc1cc(Cl)c2c(c1)NCC(c1ccc(Cl)s1)O2. The Bertz CT molecular complexity index is 599. The molecule has 0 saturated carbocycles. The largest absolute Gasteiger partial charge is 0.479 e. The summed E-state index contributed by atoms with van der Waals surface area (Å²) in [5.74, 6) is 0.641. The minimum Gasteiger partial charge on any atom is -0.479 e. The van der Waals surface area contributed by atoms with Gasteiger partial charge in [0.1, 0.15) is 0 Å². The average Bonchev–Trinajstić information content (AvgIpc) is 2.75. The van der Waals surface area contributed by atoms with Crippen LogP contribution in [0.25, 0.3) is 0 Å². The van der Waals surface area contributed by atoms with Crippen LogP contribution in [0.3, 0.4) is 0 Å². The Kier molecular flexibility index (Phi) is 3.32. The molecule has 1 aliphatic heterocycles. The lowest BCUT2D eigenvalue weighted by molar-refractivity contribution is 0.214. The number of ether oxygens (including phenoxy) is 1. The van der Waals surface area contributed by atoms with Gasteiger partial charge in [0.2, 0.25) is 0 Å². The Morgan fingerprint density at radius 3 is 2.78 bits per heavy atom. The Morgan fingerprint density at radius 1 is 1.22 bits per heavy atom. The van der Waals surface area contributed by atoms with E-state index < -0.39 is 0 Å². The number of benzene rings is 1. The molecule has 1 unspecified atom stereocenters. The lowest BCUT2D eigenvalue weighted by Crippen LogP contribution is -2.23.